The predicted octanol–water partition coefficient (Wildman–Crippen LogP) is 3.23. The molecular weight excluding hydrogens is 210 g/mol. The number of nitrogens with zero attached hydrogens (tertiary/aromatic N) is 1. The Hall–Kier alpha value is -2.09. The quantitative estimate of drug-likeness (QED) is 0.580. The maximum absolute atomic E-state index is 5.77. The third kappa shape index (κ3) is 1.62. The molecule has 0 N–H and O–H groups in total. The lowest BCUT2D eigenvalue weighted by Crippen LogP contribution is -2.27. The summed E-state index contributed by atoms with van der Waals surface area (Å²) in [4.78, 5) is 0. The Labute approximate surface area is 100 Å². The number of hydrogen-bond acceptors (Lipinski definition) is 1. The smallest absolute Gasteiger partial charge is 0.381 e. The van der Waals surface area contributed by atoms with Crippen molar-refractivity contribution in [2.24, 2.45) is 7.05 Å². The Bertz CT molecular complexity index is 677. The Morgan fingerprint density at radius 3 is 2.53 bits per heavy atom. The Balaban J connectivity index is 2.34. The van der Waals surface area contributed by atoms with Crippen LogP contribution in [-0.2, 0) is 7.05 Å². The first-order valence-corrected chi connectivity index (χ1v) is 5.70. The molecule has 2 aromatic carbocycles. The second-order valence-electron chi connectivity index (χ2n) is 4.28. The van der Waals surface area contributed by atoms with Gasteiger partial charge in [0.25, 0.3) is 0 Å². The zero-order valence-electron chi connectivity index (χ0n) is 9.97. The lowest BCUT2D eigenvalue weighted by Gasteiger charge is -2.00. The van der Waals surface area contributed by atoms with Crippen LogP contribution in [-0.4, -0.2) is 0 Å². The van der Waals surface area contributed by atoms with Crippen molar-refractivity contribution in [3.05, 3.63) is 54.4 Å². The molecule has 0 aliphatic heterocycles. The van der Waals surface area contributed by atoms with Crippen molar-refractivity contribution in [3.8, 4) is 11.5 Å². The van der Waals surface area contributed by atoms with Gasteiger partial charge in [-0.15, -0.1) is 0 Å². The molecule has 0 saturated carbocycles. The van der Waals surface area contributed by atoms with Gasteiger partial charge in [0.15, 0.2) is 5.76 Å². The third-order valence-corrected chi connectivity index (χ3v) is 2.97. The fraction of sp³-hybridized carbons (Fsp3) is 0.133. The number of benzene rings is 2. The van der Waals surface area contributed by atoms with Gasteiger partial charge in [-0.05, 0) is 16.8 Å². The second-order valence-corrected chi connectivity index (χ2v) is 4.28. The van der Waals surface area contributed by atoms with Crippen LogP contribution in [0.5, 0.6) is 0 Å². The minimum absolute atomic E-state index is 0.902. The molecule has 3 aromatic rings. The van der Waals surface area contributed by atoms with Gasteiger partial charge in [-0.1, -0.05) is 36.4 Å². The Morgan fingerprint density at radius 1 is 1.00 bits per heavy atom. The molecule has 0 radical (unpaired) electrons. The van der Waals surface area contributed by atoms with Crippen LogP contribution in [0.1, 0.15) is 5.76 Å². The zero-order chi connectivity index (χ0) is 11.8. The van der Waals surface area contributed by atoms with Crippen molar-refractivity contribution in [1.29, 1.82) is 0 Å². The van der Waals surface area contributed by atoms with Gasteiger partial charge < -0.3 is 4.42 Å². The first-order chi connectivity index (χ1) is 8.25. The normalized spacial score (nSPS) is 10.9. The fourth-order valence-corrected chi connectivity index (χ4v) is 2.24. The summed E-state index contributed by atoms with van der Waals surface area (Å²) < 4.78 is 7.80. The third-order valence-electron chi connectivity index (χ3n) is 2.97. The summed E-state index contributed by atoms with van der Waals surface area (Å²) >= 11 is 0. The molecule has 3 rings (SSSR count). The van der Waals surface area contributed by atoms with Crippen molar-refractivity contribution < 1.29 is 8.98 Å². The summed E-state index contributed by atoms with van der Waals surface area (Å²) in [5, 5.41) is 2.46. The van der Waals surface area contributed by atoms with E-state index in [-0.39, 0.29) is 0 Å². The van der Waals surface area contributed by atoms with Crippen molar-refractivity contribution in [1.82, 2.24) is 0 Å². The van der Waals surface area contributed by atoms with Gasteiger partial charge in [0.2, 0.25) is 6.20 Å². The first kappa shape index (κ1) is 10.1. The predicted molar refractivity (Wildman–Crippen MR) is 67.6 cm³/mol. The molecule has 0 amide bonds. The molecule has 0 aliphatic rings. The molecule has 0 aliphatic carbocycles. The number of fused-ring (bicyclic) bond motifs is 1. The minimum atomic E-state index is 0.902. The highest BCUT2D eigenvalue weighted by molar-refractivity contribution is 5.94. The molecule has 0 unspecified atom stereocenters. The highest BCUT2D eigenvalue weighted by Gasteiger charge is 2.18. The molecule has 0 fully saturated rings. The topological polar surface area (TPSA) is 17.0 Å². The fourth-order valence-electron chi connectivity index (χ4n) is 2.24. The molecule has 2 heteroatoms. The molecule has 2 nitrogen and oxygen atoms in total. The van der Waals surface area contributed by atoms with Crippen LogP contribution in [0.25, 0.3) is 22.2 Å². The molecule has 0 spiro atoms. The van der Waals surface area contributed by atoms with Gasteiger partial charge in [0.1, 0.15) is 7.05 Å². The van der Waals surface area contributed by atoms with Crippen LogP contribution in [0.15, 0.2) is 53.1 Å². The number of aryl methyl sites for hydroxylation is 2. The SMILES string of the molecule is Cc1c[n+](C)c(-c2cccc3ccccc23)o1. The molecule has 84 valence electrons. The van der Waals surface area contributed by atoms with Crippen LogP contribution >= 0.6 is 0 Å². The van der Waals surface area contributed by atoms with E-state index in [2.05, 4.69) is 42.5 Å². The largest absolute Gasteiger partial charge is 0.403 e. The van der Waals surface area contributed by atoms with E-state index in [4.69, 9.17) is 4.42 Å². The van der Waals surface area contributed by atoms with E-state index in [9.17, 15) is 0 Å². The van der Waals surface area contributed by atoms with Crippen LogP contribution < -0.4 is 4.57 Å². The molecular formula is C15H14NO+. The van der Waals surface area contributed by atoms with Crippen LogP contribution in [0.2, 0.25) is 0 Å². The van der Waals surface area contributed by atoms with E-state index in [1.165, 1.54) is 10.8 Å². The highest BCUT2D eigenvalue weighted by Crippen LogP contribution is 2.26. The average molecular weight is 224 g/mol. The van der Waals surface area contributed by atoms with Gasteiger partial charge in [-0.25, -0.2) is 0 Å². The number of hydrogen-bond donors (Lipinski definition) is 0. The monoisotopic (exact) mass is 224 g/mol. The number of aromatic nitrogens is 1. The van der Waals surface area contributed by atoms with Gasteiger partial charge in [0.05, 0.1) is 5.56 Å². The summed E-state index contributed by atoms with van der Waals surface area (Å²) in [6.45, 7) is 1.97. The zero-order valence-corrected chi connectivity index (χ0v) is 9.97. The van der Waals surface area contributed by atoms with Crippen molar-refractivity contribution in [3.63, 3.8) is 0 Å². The van der Waals surface area contributed by atoms with E-state index < -0.39 is 0 Å². The van der Waals surface area contributed by atoms with Gasteiger partial charge in [-0.2, -0.15) is 4.57 Å². The molecule has 1 heterocycles. The van der Waals surface area contributed by atoms with E-state index in [0.29, 0.717) is 0 Å². The molecule has 17 heavy (non-hydrogen) atoms. The second kappa shape index (κ2) is 3.74. The average Bonchev–Trinajstić information content (AvgIpc) is 2.68. The highest BCUT2D eigenvalue weighted by atomic mass is 16.4. The van der Waals surface area contributed by atoms with Crippen LogP contribution in [0.3, 0.4) is 0 Å². The Kier molecular flexibility index (Phi) is 2.22. The summed E-state index contributed by atoms with van der Waals surface area (Å²) in [5.41, 5.74) is 1.14. The van der Waals surface area contributed by atoms with Crippen molar-refractivity contribution >= 4 is 10.8 Å². The van der Waals surface area contributed by atoms with E-state index in [1.54, 1.807) is 0 Å². The summed E-state index contributed by atoms with van der Waals surface area (Å²) in [7, 11) is 2.01. The number of rotatable bonds is 1. The van der Waals surface area contributed by atoms with Crippen LogP contribution in [0, 0.1) is 6.92 Å². The summed E-state index contributed by atoms with van der Waals surface area (Å²) in [6.07, 6.45) is 2.00. The lowest BCUT2D eigenvalue weighted by molar-refractivity contribution is -0.662. The Morgan fingerprint density at radius 2 is 1.76 bits per heavy atom. The summed E-state index contributed by atoms with van der Waals surface area (Å²) in [5.74, 6) is 1.83. The molecule has 0 saturated heterocycles. The van der Waals surface area contributed by atoms with Gasteiger partial charge in [0, 0.05) is 6.92 Å². The van der Waals surface area contributed by atoms with E-state index >= 15 is 0 Å². The van der Waals surface area contributed by atoms with Gasteiger partial charge >= 0.3 is 5.89 Å². The number of oxazole rings is 1. The lowest BCUT2D eigenvalue weighted by atomic mass is 10.0. The van der Waals surface area contributed by atoms with E-state index in [1.807, 2.05) is 24.7 Å². The maximum atomic E-state index is 5.77. The van der Waals surface area contributed by atoms with Gasteiger partial charge in [-0.3, -0.25) is 0 Å². The molecule has 0 bridgehead atoms. The van der Waals surface area contributed by atoms with E-state index in [0.717, 1.165) is 17.2 Å². The first-order valence-electron chi connectivity index (χ1n) is 5.70. The van der Waals surface area contributed by atoms with Crippen molar-refractivity contribution in [2.75, 3.05) is 0 Å². The summed E-state index contributed by atoms with van der Waals surface area (Å²) in [6, 6.07) is 14.6. The van der Waals surface area contributed by atoms with Crippen molar-refractivity contribution in [2.45, 2.75) is 6.92 Å². The molecule has 0 atom stereocenters. The van der Waals surface area contributed by atoms with Crippen LogP contribution in [0.4, 0.5) is 0 Å². The minimum Gasteiger partial charge on any atom is -0.403 e. The maximum Gasteiger partial charge on any atom is 0.381 e. The standard InChI is InChI=1S/C15H14NO/c1-11-10-16(2)15(17-11)14-9-5-7-12-6-3-4-8-13(12)14/h3-10H,1-2H3/q+1. The molecule has 1 aromatic heterocycles.